The second-order valence-corrected chi connectivity index (χ2v) is 7.89. The van der Waals surface area contributed by atoms with Crippen LogP contribution >= 0.6 is 11.8 Å². The predicted molar refractivity (Wildman–Crippen MR) is 103 cm³/mol. The van der Waals surface area contributed by atoms with Gasteiger partial charge in [-0.1, -0.05) is 13.8 Å². The van der Waals surface area contributed by atoms with Crippen molar-refractivity contribution in [3.63, 3.8) is 0 Å². The highest BCUT2D eigenvalue weighted by molar-refractivity contribution is 7.99. The quantitative estimate of drug-likeness (QED) is 0.451. The molecule has 0 aromatic heterocycles. The van der Waals surface area contributed by atoms with Crippen molar-refractivity contribution >= 4 is 17.7 Å². The zero-order valence-electron chi connectivity index (χ0n) is 15.8. The molecule has 0 fully saturated rings. The molecule has 2 N–H and O–H groups in total. The van der Waals surface area contributed by atoms with Gasteiger partial charge in [-0.2, -0.15) is 11.8 Å². The fraction of sp³-hybridized carbons (Fsp3) is 0.941. The Labute approximate surface area is 142 Å². The molecule has 1 unspecified atom stereocenters. The minimum Gasteiger partial charge on any atom is -0.357 e. The Balaban J connectivity index is 4.28. The molecule has 0 aromatic rings. The van der Waals surface area contributed by atoms with Crippen molar-refractivity contribution in [2.75, 3.05) is 39.0 Å². The SMILES string of the molecule is CCNC(=NCC(C)(C)SC)NC(C)CCCN(CC)CC. The van der Waals surface area contributed by atoms with Crippen LogP contribution in [0.4, 0.5) is 0 Å². The third kappa shape index (κ3) is 10.3. The summed E-state index contributed by atoms with van der Waals surface area (Å²) >= 11 is 1.86. The zero-order valence-corrected chi connectivity index (χ0v) is 16.6. The van der Waals surface area contributed by atoms with Gasteiger partial charge in [-0.05, 0) is 66.4 Å². The molecule has 0 aliphatic heterocycles. The lowest BCUT2D eigenvalue weighted by molar-refractivity contribution is 0.292. The predicted octanol–water partition coefficient (Wildman–Crippen LogP) is 3.19. The maximum atomic E-state index is 4.73. The van der Waals surface area contributed by atoms with E-state index in [1.54, 1.807) is 0 Å². The van der Waals surface area contributed by atoms with Crippen LogP contribution in [-0.4, -0.2) is 60.6 Å². The highest BCUT2D eigenvalue weighted by atomic mass is 32.2. The second-order valence-electron chi connectivity index (χ2n) is 6.37. The number of thioether (sulfide) groups is 1. The molecule has 0 aliphatic carbocycles. The van der Waals surface area contributed by atoms with E-state index in [2.05, 4.69) is 63.3 Å². The van der Waals surface area contributed by atoms with Crippen LogP contribution in [0, 0.1) is 0 Å². The van der Waals surface area contributed by atoms with Gasteiger partial charge in [0.1, 0.15) is 0 Å². The summed E-state index contributed by atoms with van der Waals surface area (Å²) in [6.45, 7) is 18.5. The van der Waals surface area contributed by atoms with E-state index in [0.29, 0.717) is 6.04 Å². The molecular weight excluding hydrogens is 292 g/mol. The van der Waals surface area contributed by atoms with Crippen molar-refractivity contribution in [1.29, 1.82) is 0 Å². The van der Waals surface area contributed by atoms with Gasteiger partial charge in [-0.3, -0.25) is 4.99 Å². The maximum Gasteiger partial charge on any atom is 0.191 e. The lowest BCUT2D eigenvalue weighted by atomic mass is 10.2. The average molecular weight is 331 g/mol. The molecule has 0 rings (SSSR count). The monoisotopic (exact) mass is 330 g/mol. The fourth-order valence-corrected chi connectivity index (χ4v) is 2.31. The molecule has 0 heterocycles. The van der Waals surface area contributed by atoms with E-state index < -0.39 is 0 Å². The smallest absolute Gasteiger partial charge is 0.191 e. The molecule has 132 valence electrons. The number of aliphatic imine (C=N–C) groups is 1. The van der Waals surface area contributed by atoms with Crippen molar-refractivity contribution in [3.05, 3.63) is 0 Å². The summed E-state index contributed by atoms with van der Waals surface area (Å²) in [6.07, 6.45) is 4.55. The Morgan fingerprint density at radius 2 is 1.86 bits per heavy atom. The summed E-state index contributed by atoms with van der Waals surface area (Å²) < 4.78 is 0.189. The molecule has 0 radical (unpaired) electrons. The van der Waals surface area contributed by atoms with Gasteiger partial charge < -0.3 is 15.5 Å². The van der Waals surface area contributed by atoms with Gasteiger partial charge in [0.15, 0.2) is 5.96 Å². The standard InChI is InChI=1S/C17H38N4S/c1-8-18-16(19-14-17(5,6)22-7)20-15(4)12-11-13-21(9-2)10-3/h15H,8-14H2,1-7H3,(H2,18,19,20). The molecule has 1 atom stereocenters. The number of hydrogen-bond donors (Lipinski definition) is 2. The Morgan fingerprint density at radius 1 is 1.23 bits per heavy atom. The molecular formula is C17H38N4S. The van der Waals surface area contributed by atoms with Crippen LogP contribution in [0.5, 0.6) is 0 Å². The summed E-state index contributed by atoms with van der Waals surface area (Å²) in [6, 6.07) is 0.450. The number of hydrogen-bond acceptors (Lipinski definition) is 3. The average Bonchev–Trinajstić information content (AvgIpc) is 2.49. The Morgan fingerprint density at radius 3 is 2.36 bits per heavy atom. The number of nitrogens with one attached hydrogen (secondary N) is 2. The van der Waals surface area contributed by atoms with Crippen LogP contribution in [0.3, 0.4) is 0 Å². The second kappa shape index (κ2) is 12.1. The van der Waals surface area contributed by atoms with Gasteiger partial charge in [0, 0.05) is 17.3 Å². The largest absolute Gasteiger partial charge is 0.357 e. The van der Waals surface area contributed by atoms with Gasteiger partial charge in [0.25, 0.3) is 0 Å². The van der Waals surface area contributed by atoms with Crippen LogP contribution in [-0.2, 0) is 0 Å². The van der Waals surface area contributed by atoms with E-state index in [9.17, 15) is 0 Å². The van der Waals surface area contributed by atoms with Crippen LogP contribution in [0.25, 0.3) is 0 Å². The first-order chi connectivity index (χ1) is 10.4. The Hall–Kier alpha value is -0.420. The highest BCUT2D eigenvalue weighted by Gasteiger charge is 2.15. The van der Waals surface area contributed by atoms with Crippen molar-refractivity contribution < 1.29 is 0 Å². The molecule has 0 spiro atoms. The van der Waals surface area contributed by atoms with E-state index in [-0.39, 0.29) is 4.75 Å². The van der Waals surface area contributed by atoms with Crippen molar-refractivity contribution in [3.8, 4) is 0 Å². The highest BCUT2D eigenvalue weighted by Crippen LogP contribution is 2.20. The molecule has 0 aromatic carbocycles. The van der Waals surface area contributed by atoms with Gasteiger partial charge in [0.05, 0.1) is 6.54 Å². The van der Waals surface area contributed by atoms with Gasteiger partial charge in [-0.25, -0.2) is 0 Å². The van der Waals surface area contributed by atoms with E-state index in [0.717, 1.165) is 32.1 Å². The Kier molecular flexibility index (Phi) is 11.8. The van der Waals surface area contributed by atoms with E-state index in [4.69, 9.17) is 4.99 Å². The topological polar surface area (TPSA) is 39.7 Å². The normalized spacial score (nSPS) is 14.3. The van der Waals surface area contributed by atoms with Crippen molar-refractivity contribution in [2.24, 2.45) is 4.99 Å². The molecule has 0 saturated carbocycles. The molecule has 5 heteroatoms. The Bertz CT molecular complexity index is 301. The summed E-state index contributed by atoms with van der Waals surface area (Å²) in [5, 5.41) is 6.89. The summed E-state index contributed by atoms with van der Waals surface area (Å²) in [5.74, 6) is 0.944. The minimum atomic E-state index is 0.189. The molecule has 0 amide bonds. The molecule has 0 saturated heterocycles. The maximum absolute atomic E-state index is 4.73. The lowest BCUT2D eigenvalue weighted by Gasteiger charge is -2.23. The van der Waals surface area contributed by atoms with Gasteiger partial charge >= 0.3 is 0 Å². The first-order valence-electron chi connectivity index (χ1n) is 8.70. The van der Waals surface area contributed by atoms with Gasteiger partial charge in [-0.15, -0.1) is 0 Å². The van der Waals surface area contributed by atoms with Crippen molar-refractivity contribution in [2.45, 2.75) is 65.2 Å². The van der Waals surface area contributed by atoms with Crippen molar-refractivity contribution in [1.82, 2.24) is 15.5 Å². The van der Waals surface area contributed by atoms with Crippen LogP contribution in [0.15, 0.2) is 4.99 Å². The molecule has 0 aliphatic rings. The molecule has 4 nitrogen and oxygen atoms in total. The van der Waals surface area contributed by atoms with E-state index >= 15 is 0 Å². The van der Waals surface area contributed by atoms with E-state index in [1.165, 1.54) is 19.4 Å². The van der Waals surface area contributed by atoms with Gasteiger partial charge in [0.2, 0.25) is 0 Å². The summed E-state index contributed by atoms with van der Waals surface area (Å²) in [5.41, 5.74) is 0. The van der Waals surface area contributed by atoms with E-state index in [1.807, 2.05) is 11.8 Å². The molecule has 0 bridgehead atoms. The number of guanidine groups is 1. The first kappa shape index (κ1) is 21.6. The lowest BCUT2D eigenvalue weighted by Crippen LogP contribution is -2.43. The van der Waals surface area contributed by atoms with Crippen LogP contribution < -0.4 is 10.6 Å². The number of nitrogens with zero attached hydrogens (tertiary/aromatic N) is 2. The number of rotatable bonds is 11. The third-order valence-electron chi connectivity index (χ3n) is 3.90. The zero-order chi connectivity index (χ0) is 17.0. The molecule has 22 heavy (non-hydrogen) atoms. The summed E-state index contributed by atoms with van der Waals surface area (Å²) in [7, 11) is 0. The minimum absolute atomic E-state index is 0.189. The van der Waals surface area contributed by atoms with Crippen LogP contribution in [0.1, 0.15) is 54.4 Å². The first-order valence-corrected chi connectivity index (χ1v) is 9.93. The third-order valence-corrected chi connectivity index (χ3v) is 5.14. The summed E-state index contributed by atoms with van der Waals surface area (Å²) in [4.78, 5) is 7.21. The van der Waals surface area contributed by atoms with Crippen LogP contribution in [0.2, 0.25) is 0 Å². The fourth-order valence-electron chi connectivity index (χ4n) is 2.12.